The van der Waals surface area contributed by atoms with Gasteiger partial charge >= 0.3 is 6.18 Å². The molecular formula is C16H13F7N4O. The highest BCUT2D eigenvalue weighted by Gasteiger charge is 2.87. The van der Waals surface area contributed by atoms with E-state index in [0.717, 1.165) is 6.33 Å². The number of benzene rings is 1. The molecule has 28 heavy (non-hydrogen) atoms. The number of aromatic nitrogens is 4. The van der Waals surface area contributed by atoms with Crippen molar-refractivity contribution < 1.29 is 35.8 Å². The molecule has 5 rings (SSSR count). The number of hydrogen-bond acceptors (Lipinski definition) is 4. The van der Waals surface area contributed by atoms with Crippen LogP contribution in [-0.4, -0.2) is 37.4 Å². The SMILES string of the molecule is OC(Cn1cnnn1)(c1ccc(F)cc1F)C(F)(F)C12CC(C(F)(F)F)(C1)C2. The van der Waals surface area contributed by atoms with Crippen LogP contribution in [0.1, 0.15) is 24.8 Å². The monoisotopic (exact) mass is 410 g/mol. The zero-order valence-corrected chi connectivity index (χ0v) is 14.0. The van der Waals surface area contributed by atoms with Crippen molar-refractivity contribution in [3.8, 4) is 0 Å². The van der Waals surface area contributed by atoms with Crippen molar-refractivity contribution in [2.24, 2.45) is 10.8 Å². The lowest BCUT2D eigenvalue weighted by Gasteiger charge is -2.73. The lowest BCUT2D eigenvalue weighted by Crippen LogP contribution is -2.77. The van der Waals surface area contributed by atoms with Gasteiger partial charge in [0.1, 0.15) is 18.0 Å². The third kappa shape index (κ3) is 2.26. The summed E-state index contributed by atoms with van der Waals surface area (Å²) in [5, 5.41) is 20.8. The number of aliphatic hydroxyl groups is 1. The largest absolute Gasteiger partial charge is 0.394 e. The number of nitrogens with zero attached hydrogens (tertiary/aromatic N) is 4. The van der Waals surface area contributed by atoms with Crippen LogP contribution in [-0.2, 0) is 12.1 Å². The molecule has 1 aromatic carbocycles. The number of rotatable bonds is 5. The topological polar surface area (TPSA) is 63.8 Å². The predicted molar refractivity (Wildman–Crippen MR) is 77.8 cm³/mol. The van der Waals surface area contributed by atoms with Gasteiger partial charge in [-0.2, -0.15) is 13.2 Å². The van der Waals surface area contributed by atoms with Crippen molar-refractivity contribution in [1.29, 1.82) is 0 Å². The van der Waals surface area contributed by atoms with Gasteiger partial charge in [-0.05, 0) is 41.8 Å². The Balaban J connectivity index is 1.76. The van der Waals surface area contributed by atoms with Gasteiger partial charge in [-0.15, -0.1) is 5.10 Å². The molecule has 2 bridgehead atoms. The molecule has 12 heteroatoms. The molecule has 3 fully saturated rings. The maximum atomic E-state index is 15.5. The predicted octanol–water partition coefficient (Wildman–Crippen LogP) is 3.21. The molecule has 0 radical (unpaired) electrons. The first-order valence-corrected chi connectivity index (χ1v) is 8.19. The summed E-state index contributed by atoms with van der Waals surface area (Å²) in [6.07, 6.45) is -6.38. The third-order valence-corrected chi connectivity index (χ3v) is 5.98. The molecule has 0 saturated heterocycles. The molecule has 5 nitrogen and oxygen atoms in total. The Kier molecular flexibility index (Phi) is 3.70. The maximum Gasteiger partial charge on any atom is 0.394 e. The minimum absolute atomic E-state index is 0.315. The second-order valence-corrected chi connectivity index (χ2v) is 7.65. The quantitative estimate of drug-likeness (QED) is 0.769. The molecule has 152 valence electrons. The lowest BCUT2D eigenvalue weighted by atomic mass is 9.31. The van der Waals surface area contributed by atoms with E-state index >= 15 is 8.78 Å². The van der Waals surface area contributed by atoms with Gasteiger partial charge < -0.3 is 5.11 Å². The molecule has 1 N–H and O–H groups in total. The molecular weight excluding hydrogens is 397 g/mol. The van der Waals surface area contributed by atoms with E-state index in [1.54, 1.807) is 0 Å². The smallest absolute Gasteiger partial charge is 0.377 e. The van der Waals surface area contributed by atoms with E-state index < -0.39 is 71.5 Å². The van der Waals surface area contributed by atoms with Crippen LogP contribution < -0.4 is 0 Å². The first kappa shape index (κ1) is 19.1. The Hall–Kier alpha value is -2.24. The average molecular weight is 410 g/mol. The molecule has 0 amide bonds. The van der Waals surface area contributed by atoms with E-state index in [1.165, 1.54) is 0 Å². The molecule has 1 aromatic heterocycles. The zero-order chi connectivity index (χ0) is 20.6. The number of halogens is 7. The van der Waals surface area contributed by atoms with Crippen LogP contribution in [0, 0.1) is 22.5 Å². The minimum atomic E-state index is -4.64. The van der Waals surface area contributed by atoms with E-state index in [2.05, 4.69) is 15.5 Å². The second-order valence-electron chi connectivity index (χ2n) is 7.65. The van der Waals surface area contributed by atoms with Gasteiger partial charge in [0.05, 0.1) is 12.0 Å². The van der Waals surface area contributed by atoms with Gasteiger partial charge in [-0.3, -0.25) is 0 Å². The van der Waals surface area contributed by atoms with Crippen LogP contribution in [0.3, 0.4) is 0 Å². The fourth-order valence-corrected chi connectivity index (χ4v) is 4.53. The van der Waals surface area contributed by atoms with E-state index in [4.69, 9.17) is 0 Å². The van der Waals surface area contributed by atoms with Gasteiger partial charge in [0, 0.05) is 17.0 Å². The fourth-order valence-electron chi connectivity index (χ4n) is 4.53. The summed E-state index contributed by atoms with van der Waals surface area (Å²) >= 11 is 0. The first-order valence-electron chi connectivity index (χ1n) is 8.19. The van der Waals surface area contributed by atoms with Crippen molar-refractivity contribution >= 4 is 0 Å². The third-order valence-electron chi connectivity index (χ3n) is 5.98. The van der Waals surface area contributed by atoms with E-state index in [1.807, 2.05) is 0 Å². The van der Waals surface area contributed by atoms with E-state index in [-0.39, 0.29) is 0 Å². The molecule has 3 saturated carbocycles. The summed E-state index contributed by atoms with van der Waals surface area (Å²) in [5.41, 5.74) is -8.59. The van der Waals surface area contributed by atoms with Gasteiger partial charge in [0.2, 0.25) is 0 Å². The standard InChI is InChI=1S/C16H13F7N4O/c17-9-1-2-10(11(18)3-9)14(28,7-27-8-24-25-26-27)15(19,20)12-4-13(5-12,6-12)16(21,22)23/h1-3,8,28H,4-7H2. The van der Waals surface area contributed by atoms with Crippen LogP contribution in [0.25, 0.3) is 0 Å². The van der Waals surface area contributed by atoms with Crippen molar-refractivity contribution in [2.75, 3.05) is 0 Å². The molecule has 2 aromatic rings. The Labute approximate surface area is 153 Å². The second kappa shape index (κ2) is 5.43. The first-order chi connectivity index (χ1) is 12.9. The van der Waals surface area contributed by atoms with Crippen LogP contribution in [0.4, 0.5) is 30.7 Å². The highest BCUT2D eigenvalue weighted by atomic mass is 19.4. The highest BCUT2D eigenvalue weighted by molar-refractivity contribution is 5.34. The highest BCUT2D eigenvalue weighted by Crippen LogP contribution is 2.84. The molecule has 3 aliphatic rings. The van der Waals surface area contributed by atoms with Crippen molar-refractivity contribution in [1.82, 2.24) is 20.2 Å². The summed E-state index contributed by atoms with van der Waals surface area (Å²) in [4.78, 5) is 0. The Morgan fingerprint density at radius 2 is 1.68 bits per heavy atom. The summed E-state index contributed by atoms with van der Waals surface area (Å²) in [7, 11) is 0. The summed E-state index contributed by atoms with van der Waals surface area (Å²) in [6, 6.07) is 1.64. The number of tetrazole rings is 1. The fraction of sp³-hybridized carbons (Fsp3) is 0.562. The average Bonchev–Trinajstić information content (AvgIpc) is 2.94. The Morgan fingerprint density at radius 3 is 2.18 bits per heavy atom. The summed E-state index contributed by atoms with van der Waals surface area (Å²) in [5.74, 6) is -6.68. The lowest BCUT2D eigenvalue weighted by molar-refractivity contribution is -0.432. The molecule has 1 heterocycles. The van der Waals surface area contributed by atoms with Gasteiger partial charge in [-0.1, -0.05) is 0 Å². The summed E-state index contributed by atoms with van der Waals surface area (Å²) < 4.78 is 98.5. The van der Waals surface area contributed by atoms with Crippen molar-refractivity contribution in [2.45, 2.75) is 43.5 Å². The summed E-state index contributed by atoms with van der Waals surface area (Å²) in [6.45, 7) is -1.03. The molecule has 0 spiro atoms. The van der Waals surface area contributed by atoms with E-state index in [9.17, 15) is 27.1 Å². The van der Waals surface area contributed by atoms with Crippen LogP contribution in [0.15, 0.2) is 24.5 Å². The Bertz CT molecular complexity index is 894. The van der Waals surface area contributed by atoms with Crippen LogP contribution in [0.5, 0.6) is 0 Å². The van der Waals surface area contributed by atoms with Gasteiger partial charge in [0.25, 0.3) is 5.92 Å². The van der Waals surface area contributed by atoms with Gasteiger partial charge in [0.15, 0.2) is 5.60 Å². The van der Waals surface area contributed by atoms with Crippen molar-refractivity contribution in [3.63, 3.8) is 0 Å². The van der Waals surface area contributed by atoms with Crippen molar-refractivity contribution in [3.05, 3.63) is 41.7 Å². The number of hydrogen-bond donors (Lipinski definition) is 1. The van der Waals surface area contributed by atoms with Crippen LogP contribution >= 0.6 is 0 Å². The van der Waals surface area contributed by atoms with Crippen LogP contribution in [0.2, 0.25) is 0 Å². The van der Waals surface area contributed by atoms with E-state index in [0.29, 0.717) is 22.9 Å². The number of alkyl halides is 5. The normalized spacial score (nSPS) is 29.0. The molecule has 1 unspecified atom stereocenters. The molecule has 0 aliphatic heterocycles. The Morgan fingerprint density at radius 1 is 1.04 bits per heavy atom. The minimum Gasteiger partial charge on any atom is -0.377 e. The molecule has 1 atom stereocenters. The zero-order valence-electron chi connectivity index (χ0n) is 14.0. The maximum absolute atomic E-state index is 15.5. The van der Waals surface area contributed by atoms with Gasteiger partial charge in [-0.25, -0.2) is 22.2 Å². The molecule has 3 aliphatic carbocycles.